The Morgan fingerprint density at radius 3 is 2.55 bits per heavy atom. The summed E-state index contributed by atoms with van der Waals surface area (Å²) in [4.78, 5) is 48.6. The van der Waals surface area contributed by atoms with Gasteiger partial charge in [-0.1, -0.05) is 12.2 Å². The van der Waals surface area contributed by atoms with E-state index >= 15 is 0 Å². The van der Waals surface area contributed by atoms with Crippen LogP contribution in [0.3, 0.4) is 0 Å². The molecule has 1 aromatic carbocycles. The molecule has 1 fully saturated rings. The molecule has 2 atom stereocenters. The highest BCUT2D eigenvalue weighted by atomic mass is 16.7. The molecule has 0 unspecified atom stereocenters. The smallest absolute Gasteiger partial charge is 0.326 e. The molecule has 1 aliphatic carbocycles. The molecule has 0 saturated carbocycles. The van der Waals surface area contributed by atoms with Crippen LogP contribution in [0.5, 0.6) is 5.75 Å². The number of fused-ring (bicyclic) bond motifs is 2. The molecule has 1 saturated heterocycles. The van der Waals surface area contributed by atoms with Gasteiger partial charge < -0.3 is 14.2 Å². The summed E-state index contributed by atoms with van der Waals surface area (Å²) >= 11 is 0. The minimum absolute atomic E-state index is 0.0145. The maximum absolute atomic E-state index is 12.4. The number of nitro groups is 1. The fourth-order valence-corrected chi connectivity index (χ4v) is 3.85. The van der Waals surface area contributed by atoms with Crippen LogP contribution < -0.4 is 4.74 Å². The largest absolute Gasteiger partial charge is 0.467 e. The van der Waals surface area contributed by atoms with Crippen LogP contribution >= 0.6 is 0 Å². The summed E-state index contributed by atoms with van der Waals surface area (Å²) in [6.45, 7) is -0.635. The molecule has 2 amide bonds. The van der Waals surface area contributed by atoms with Crippen molar-refractivity contribution in [2.24, 2.45) is 11.8 Å². The Bertz CT molecular complexity index is 899. The van der Waals surface area contributed by atoms with Gasteiger partial charge in [-0.3, -0.25) is 29.4 Å². The topological polar surface area (TPSA) is 125 Å². The Balaban J connectivity index is 1.44. The van der Waals surface area contributed by atoms with Crippen molar-refractivity contribution in [2.75, 3.05) is 13.3 Å². The number of hydrogen-bond donors (Lipinski definition) is 0. The number of nitro benzene ring substituents is 1. The number of imide groups is 1. The molecule has 10 heteroatoms. The minimum Gasteiger partial charge on any atom is -0.467 e. The van der Waals surface area contributed by atoms with E-state index in [0.29, 0.717) is 29.7 Å². The van der Waals surface area contributed by atoms with E-state index in [1.54, 1.807) is 0 Å². The van der Waals surface area contributed by atoms with Crippen LogP contribution in [-0.2, 0) is 37.1 Å². The van der Waals surface area contributed by atoms with E-state index in [1.165, 1.54) is 12.1 Å². The van der Waals surface area contributed by atoms with Crippen LogP contribution in [0.2, 0.25) is 0 Å². The lowest BCUT2D eigenvalue weighted by Gasteiger charge is -2.20. The Hall–Kier alpha value is -3.27. The van der Waals surface area contributed by atoms with E-state index < -0.39 is 29.3 Å². The number of benzene rings is 1. The summed E-state index contributed by atoms with van der Waals surface area (Å²) in [6.07, 6.45) is 4.70. The second-order valence-electron chi connectivity index (χ2n) is 7.04. The molecule has 0 bridgehead atoms. The van der Waals surface area contributed by atoms with Gasteiger partial charge >= 0.3 is 5.97 Å². The van der Waals surface area contributed by atoms with Gasteiger partial charge in [0.15, 0.2) is 6.79 Å². The summed E-state index contributed by atoms with van der Waals surface area (Å²) in [6, 6.07) is 2.61. The quantitative estimate of drug-likeness (QED) is 0.238. The SMILES string of the molecule is O=C(CN1C(=O)[C@H]2CC=CC[C@@H]2C1=O)OCc1cc([N+](=O)[O-])cc2c1OCOC2. The van der Waals surface area contributed by atoms with Crippen LogP contribution in [0.4, 0.5) is 5.69 Å². The molecule has 10 nitrogen and oxygen atoms in total. The number of carbonyl (C=O) groups excluding carboxylic acids is 3. The monoisotopic (exact) mass is 402 g/mol. The number of nitrogens with zero attached hydrogens (tertiary/aromatic N) is 2. The molecule has 3 aliphatic rings. The molecule has 4 rings (SSSR count). The normalized spacial score (nSPS) is 22.7. The van der Waals surface area contributed by atoms with Gasteiger partial charge in [0.05, 0.1) is 23.4 Å². The van der Waals surface area contributed by atoms with Crippen LogP contribution in [0, 0.1) is 22.0 Å². The van der Waals surface area contributed by atoms with E-state index in [-0.39, 0.29) is 37.5 Å². The van der Waals surface area contributed by atoms with E-state index in [2.05, 4.69) is 0 Å². The number of hydrogen-bond acceptors (Lipinski definition) is 8. The van der Waals surface area contributed by atoms with Gasteiger partial charge in [-0.2, -0.15) is 0 Å². The third-order valence-corrected chi connectivity index (χ3v) is 5.26. The zero-order valence-corrected chi connectivity index (χ0v) is 15.4. The van der Waals surface area contributed by atoms with Crippen LogP contribution in [0.1, 0.15) is 24.0 Å². The zero-order valence-electron chi connectivity index (χ0n) is 15.4. The molecule has 2 aliphatic heterocycles. The Kier molecular flexibility index (Phi) is 5.01. The third-order valence-electron chi connectivity index (χ3n) is 5.26. The standard InChI is InChI=1S/C19H18N2O8/c22-16(7-20-18(23)14-3-1-2-4-15(14)19(20)24)28-9-12-6-13(21(25)26)5-11-8-27-10-29-17(11)12/h1-2,5-6,14-15H,3-4,7-10H2/t14-,15-/m0/s1. The highest BCUT2D eigenvalue weighted by Crippen LogP contribution is 2.35. The molecule has 2 heterocycles. The summed E-state index contributed by atoms with van der Waals surface area (Å²) in [5, 5.41) is 11.1. The predicted octanol–water partition coefficient (Wildman–Crippen LogP) is 1.46. The van der Waals surface area contributed by atoms with Crippen LogP contribution in [-0.4, -0.2) is 40.9 Å². The molecule has 0 N–H and O–H groups in total. The first-order valence-electron chi connectivity index (χ1n) is 9.12. The predicted molar refractivity (Wildman–Crippen MR) is 95.3 cm³/mol. The van der Waals surface area contributed by atoms with Crippen molar-refractivity contribution >= 4 is 23.5 Å². The lowest BCUT2D eigenvalue weighted by Crippen LogP contribution is -2.36. The van der Waals surface area contributed by atoms with Gasteiger partial charge in [0.2, 0.25) is 11.8 Å². The van der Waals surface area contributed by atoms with Gasteiger partial charge in [-0.15, -0.1) is 0 Å². The zero-order chi connectivity index (χ0) is 20.5. The first-order chi connectivity index (χ1) is 14.0. The molecule has 29 heavy (non-hydrogen) atoms. The molecule has 0 radical (unpaired) electrons. The van der Waals surface area contributed by atoms with E-state index in [4.69, 9.17) is 14.2 Å². The molecule has 152 valence electrons. The van der Waals surface area contributed by atoms with Gasteiger partial charge in [-0.05, 0) is 12.8 Å². The number of likely N-dealkylation sites (tertiary alicyclic amines) is 1. The summed E-state index contributed by atoms with van der Waals surface area (Å²) in [5.74, 6) is -1.97. The van der Waals surface area contributed by atoms with E-state index in [0.717, 1.165) is 4.90 Å². The van der Waals surface area contributed by atoms with Crippen molar-refractivity contribution in [3.63, 3.8) is 0 Å². The van der Waals surface area contributed by atoms with E-state index in [1.807, 2.05) is 12.2 Å². The maximum atomic E-state index is 12.4. The fraction of sp³-hybridized carbons (Fsp3) is 0.421. The second kappa shape index (κ2) is 7.63. The summed E-state index contributed by atoms with van der Waals surface area (Å²) in [7, 11) is 0. The maximum Gasteiger partial charge on any atom is 0.326 e. The molecular formula is C19H18N2O8. The van der Waals surface area contributed by atoms with Crippen molar-refractivity contribution in [1.82, 2.24) is 4.90 Å². The van der Waals surface area contributed by atoms with E-state index in [9.17, 15) is 24.5 Å². The van der Waals surface area contributed by atoms with Gasteiger partial charge in [-0.25, -0.2) is 0 Å². The number of non-ortho nitro benzene ring substituents is 1. The number of esters is 1. The van der Waals surface area contributed by atoms with Crippen LogP contribution in [0.15, 0.2) is 24.3 Å². The summed E-state index contributed by atoms with van der Waals surface area (Å²) in [5.41, 5.74) is 0.631. The van der Waals surface area contributed by atoms with Crippen molar-refractivity contribution in [2.45, 2.75) is 26.1 Å². The van der Waals surface area contributed by atoms with Crippen molar-refractivity contribution < 1.29 is 33.5 Å². The average molecular weight is 402 g/mol. The highest BCUT2D eigenvalue weighted by Gasteiger charge is 2.47. The number of carbonyl (C=O) groups is 3. The first-order valence-corrected chi connectivity index (χ1v) is 9.12. The molecular weight excluding hydrogens is 384 g/mol. The summed E-state index contributed by atoms with van der Waals surface area (Å²) < 4.78 is 15.7. The number of ether oxygens (including phenoxy) is 3. The van der Waals surface area contributed by atoms with Gasteiger partial charge in [0.1, 0.15) is 18.9 Å². The Morgan fingerprint density at radius 2 is 1.90 bits per heavy atom. The molecule has 0 spiro atoms. The lowest BCUT2D eigenvalue weighted by atomic mass is 9.85. The Labute approximate surface area is 165 Å². The third kappa shape index (κ3) is 3.58. The van der Waals surface area contributed by atoms with Crippen molar-refractivity contribution in [3.05, 3.63) is 45.5 Å². The lowest BCUT2D eigenvalue weighted by molar-refractivity contribution is -0.385. The van der Waals surface area contributed by atoms with Gasteiger partial charge in [0, 0.05) is 23.3 Å². The second-order valence-corrected chi connectivity index (χ2v) is 7.04. The molecule has 0 aromatic heterocycles. The minimum atomic E-state index is -0.773. The van der Waals surface area contributed by atoms with Crippen molar-refractivity contribution in [3.8, 4) is 5.75 Å². The number of amides is 2. The molecule has 1 aromatic rings. The number of rotatable bonds is 5. The Morgan fingerprint density at radius 1 is 1.21 bits per heavy atom. The van der Waals surface area contributed by atoms with Crippen LogP contribution in [0.25, 0.3) is 0 Å². The average Bonchev–Trinajstić information content (AvgIpc) is 2.97. The first kappa shape index (κ1) is 19.1. The van der Waals surface area contributed by atoms with Crippen molar-refractivity contribution in [1.29, 1.82) is 0 Å². The number of allylic oxidation sites excluding steroid dienone is 2. The fourth-order valence-electron chi connectivity index (χ4n) is 3.85. The van der Waals surface area contributed by atoms with Gasteiger partial charge in [0.25, 0.3) is 5.69 Å². The highest BCUT2D eigenvalue weighted by molar-refractivity contribution is 6.07.